The lowest BCUT2D eigenvalue weighted by Crippen LogP contribution is -2.05. The first-order valence-electron chi connectivity index (χ1n) is 4.59. The van der Waals surface area contributed by atoms with Crippen LogP contribution in [-0.2, 0) is 4.79 Å². The SMILES string of the molecule is CCC(=O)Oc1ccc(C(C)=O)c(O)c1. The summed E-state index contributed by atoms with van der Waals surface area (Å²) in [6.07, 6.45) is 0.259. The third-order valence-electron chi connectivity index (χ3n) is 1.87. The average molecular weight is 208 g/mol. The highest BCUT2D eigenvalue weighted by Gasteiger charge is 2.09. The molecule has 4 nitrogen and oxygen atoms in total. The van der Waals surface area contributed by atoms with Gasteiger partial charge in [-0.1, -0.05) is 6.92 Å². The van der Waals surface area contributed by atoms with E-state index in [0.29, 0.717) is 0 Å². The van der Waals surface area contributed by atoms with Crippen LogP contribution in [0.5, 0.6) is 11.5 Å². The summed E-state index contributed by atoms with van der Waals surface area (Å²) in [6, 6.07) is 4.16. The third kappa shape index (κ3) is 2.80. The lowest BCUT2D eigenvalue weighted by molar-refractivity contribution is -0.134. The Morgan fingerprint density at radius 2 is 2.07 bits per heavy atom. The van der Waals surface area contributed by atoms with Gasteiger partial charge in [0.2, 0.25) is 0 Å². The van der Waals surface area contributed by atoms with E-state index < -0.39 is 0 Å². The Morgan fingerprint density at radius 1 is 1.40 bits per heavy atom. The molecule has 1 aromatic rings. The Balaban J connectivity index is 2.91. The van der Waals surface area contributed by atoms with Crippen molar-refractivity contribution in [1.82, 2.24) is 0 Å². The fourth-order valence-corrected chi connectivity index (χ4v) is 1.08. The van der Waals surface area contributed by atoms with Crippen LogP contribution in [0.15, 0.2) is 18.2 Å². The molecule has 15 heavy (non-hydrogen) atoms. The first-order chi connectivity index (χ1) is 7.04. The summed E-state index contributed by atoms with van der Waals surface area (Å²) in [6.45, 7) is 3.03. The highest BCUT2D eigenvalue weighted by atomic mass is 16.5. The van der Waals surface area contributed by atoms with Crippen molar-refractivity contribution in [3.05, 3.63) is 23.8 Å². The number of aromatic hydroxyl groups is 1. The van der Waals surface area contributed by atoms with E-state index in [1.165, 1.54) is 25.1 Å². The van der Waals surface area contributed by atoms with Crippen molar-refractivity contribution >= 4 is 11.8 Å². The number of phenolic OH excluding ortho intramolecular Hbond substituents is 1. The molecule has 0 unspecified atom stereocenters. The highest BCUT2D eigenvalue weighted by molar-refractivity contribution is 5.96. The van der Waals surface area contributed by atoms with Gasteiger partial charge in [0.25, 0.3) is 0 Å². The summed E-state index contributed by atoms with van der Waals surface area (Å²) < 4.78 is 4.87. The summed E-state index contributed by atoms with van der Waals surface area (Å²) in [4.78, 5) is 21.9. The summed E-state index contributed by atoms with van der Waals surface area (Å²) in [5.41, 5.74) is 0.214. The molecule has 0 aliphatic carbocycles. The number of Topliss-reactive ketones (excluding diaryl/α,β-unsaturated/α-hetero) is 1. The third-order valence-corrected chi connectivity index (χ3v) is 1.87. The molecule has 0 aromatic heterocycles. The molecule has 0 spiro atoms. The normalized spacial score (nSPS) is 9.73. The zero-order chi connectivity index (χ0) is 11.4. The average Bonchev–Trinajstić information content (AvgIpc) is 2.17. The second-order valence-electron chi connectivity index (χ2n) is 3.06. The Morgan fingerprint density at radius 3 is 2.53 bits per heavy atom. The second kappa shape index (κ2) is 4.59. The monoisotopic (exact) mass is 208 g/mol. The van der Waals surface area contributed by atoms with Gasteiger partial charge in [-0.2, -0.15) is 0 Å². The summed E-state index contributed by atoms with van der Waals surface area (Å²) in [5.74, 6) is -0.556. The summed E-state index contributed by atoms with van der Waals surface area (Å²) in [5, 5.41) is 9.44. The minimum absolute atomic E-state index is 0.177. The van der Waals surface area contributed by atoms with Crippen LogP contribution in [0.3, 0.4) is 0 Å². The lowest BCUT2D eigenvalue weighted by atomic mass is 10.1. The number of ketones is 1. The summed E-state index contributed by atoms with van der Waals surface area (Å²) >= 11 is 0. The number of carbonyl (C=O) groups is 2. The molecule has 0 amide bonds. The van der Waals surface area contributed by atoms with Gasteiger partial charge in [-0.25, -0.2) is 0 Å². The fraction of sp³-hybridized carbons (Fsp3) is 0.273. The van der Waals surface area contributed by atoms with Gasteiger partial charge in [0.1, 0.15) is 11.5 Å². The molecule has 0 atom stereocenters. The Hall–Kier alpha value is -1.84. The molecular formula is C11H12O4. The number of rotatable bonds is 3. The van der Waals surface area contributed by atoms with Crippen LogP contribution < -0.4 is 4.74 Å². The van der Waals surface area contributed by atoms with E-state index in [-0.39, 0.29) is 35.2 Å². The highest BCUT2D eigenvalue weighted by Crippen LogP contribution is 2.24. The molecule has 0 saturated carbocycles. The minimum Gasteiger partial charge on any atom is -0.507 e. The van der Waals surface area contributed by atoms with Crippen LogP contribution in [0.4, 0.5) is 0 Å². The molecule has 1 rings (SSSR count). The zero-order valence-electron chi connectivity index (χ0n) is 8.61. The maximum atomic E-state index is 11.0. The van der Waals surface area contributed by atoms with Crippen LogP contribution >= 0.6 is 0 Å². The minimum atomic E-state index is -0.384. The maximum absolute atomic E-state index is 11.0. The fourth-order valence-electron chi connectivity index (χ4n) is 1.08. The van der Waals surface area contributed by atoms with E-state index in [0.717, 1.165) is 0 Å². The number of carbonyl (C=O) groups excluding carboxylic acids is 2. The number of hydrogen-bond acceptors (Lipinski definition) is 4. The molecule has 80 valence electrons. The van der Waals surface area contributed by atoms with Crippen LogP contribution in [-0.4, -0.2) is 16.9 Å². The molecule has 0 bridgehead atoms. The largest absolute Gasteiger partial charge is 0.507 e. The van der Waals surface area contributed by atoms with Gasteiger partial charge in [-0.15, -0.1) is 0 Å². The Kier molecular flexibility index (Phi) is 3.44. The summed E-state index contributed by atoms with van der Waals surface area (Å²) in [7, 11) is 0. The second-order valence-corrected chi connectivity index (χ2v) is 3.06. The van der Waals surface area contributed by atoms with Gasteiger partial charge >= 0.3 is 5.97 Å². The standard InChI is InChI=1S/C11H12O4/c1-3-11(14)15-8-4-5-9(7(2)12)10(13)6-8/h4-6,13H,3H2,1-2H3. The lowest BCUT2D eigenvalue weighted by Gasteiger charge is -2.05. The number of benzene rings is 1. The van der Waals surface area contributed by atoms with Crippen molar-refractivity contribution in [2.75, 3.05) is 0 Å². The van der Waals surface area contributed by atoms with Crippen molar-refractivity contribution in [2.24, 2.45) is 0 Å². The van der Waals surface area contributed by atoms with Gasteiger partial charge in [0, 0.05) is 12.5 Å². The molecule has 4 heteroatoms. The molecule has 1 N–H and O–H groups in total. The Bertz CT molecular complexity index is 396. The number of phenols is 1. The van der Waals surface area contributed by atoms with E-state index in [9.17, 15) is 14.7 Å². The smallest absolute Gasteiger partial charge is 0.310 e. The van der Waals surface area contributed by atoms with Crippen molar-refractivity contribution in [1.29, 1.82) is 0 Å². The van der Waals surface area contributed by atoms with Gasteiger partial charge in [-0.3, -0.25) is 9.59 Å². The topological polar surface area (TPSA) is 63.6 Å². The first-order valence-corrected chi connectivity index (χ1v) is 4.59. The predicted molar refractivity (Wildman–Crippen MR) is 54.0 cm³/mol. The Labute approximate surface area is 87.5 Å². The molecule has 1 aromatic carbocycles. The van der Waals surface area contributed by atoms with Crippen molar-refractivity contribution in [3.8, 4) is 11.5 Å². The van der Waals surface area contributed by atoms with E-state index in [4.69, 9.17) is 4.74 Å². The van der Waals surface area contributed by atoms with Crippen molar-refractivity contribution in [2.45, 2.75) is 20.3 Å². The van der Waals surface area contributed by atoms with Gasteiger partial charge < -0.3 is 9.84 Å². The zero-order valence-corrected chi connectivity index (χ0v) is 8.61. The van der Waals surface area contributed by atoms with Crippen molar-refractivity contribution < 1.29 is 19.4 Å². The quantitative estimate of drug-likeness (QED) is 0.468. The van der Waals surface area contributed by atoms with Crippen LogP contribution in [0.1, 0.15) is 30.6 Å². The number of esters is 1. The molecular weight excluding hydrogens is 196 g/mol. The van der Waals surface area contributed by atoms with Crippen LogP contribution in [0, 0.1) is 0 Å². The van der Waals surface area contributed by atoms with E-state index in [1.54, 1.807) is 6.92 Å². The van der Waals surface area contributed by atoms with Gasteiger partial charge in [0.15, 0.2) is 5.78 Å². The van der Waals surface area contributed by atoms with Crippen molar-refractivity contribution in [3.63, 3.8) is 0 Å². The van der Waals surface area contributed by atoms with Crippen LogP contribution in [0.2, 0.25) is 0 Å². The molecule has 0 heterocycles. The molecule has 0 fully saturated rings. The van der Waals surface area contributed by atoms with E-state index >= 15 is 0 Å². The van der Waals surface area contributed by atoms with Crippen LogP contribution in [0.25, 0.3) is 0 Å². The maximum Gasteiger partial charge on any atom is 0.310 e. The molecule has 0 aliphatic heterocycles. The number of ether oxygens (including phenoxy) is 1. The van der Waals surface area contributed by atoms with Gasteiger partial charge in [0.05, 0.1) is 5.56 Å². The molecule has 0 aliphatic rings. The first kappa shape index (κ1) is 11.2. The van der Waals surface area contributed by atoms with E-state index in [2.05, 4.69) is 0 Å². The molecule has 0 radical (unpaired) electrons. The van der Waals surface area contributed by atoms with Gasteiger partial charge in [-0.05, 0) is 19.1 Å². The van der Waals surface area contributed by atoms with E-state index in [1.807, 2.05) is 0 Å². The molecule has 0 saturated heterocycles. The number of hydrogen-bond donors (Lipinski definition) is 1. The predicted octanol–water partition coefficient (Wildman–Crippen LogP) is 1.91.